The Labute approximate surface area is 141 Å². The fourth-order valence-corrected chi connectivity index (χ4v) is 4.78. The molecule has 3 rings (SSSR count). The average molecular weight is 333 g/mol. The zero-order valence-electron chi connectivity index (χ0n) is 13.9. The molecule has 4 nitrogen and oxygen atoms in total. The Hall–Kier alpha value is -0.895. The maximum Gasteiger partial charge on any atom is 0.326 e. The molecule has 1 aromatic rings. The molecular weight excluding hydrogens is 308 g/mol. The van der Waals surface area contributed by atoms with Crippen LogP contribution >= 0.6 is 9.24 Å². The molecule has 0 saturated carbocycles. The van der Waals surface area contributed by atoms with E-state index in [0.29, 0.717) is 5.66 Å². The van der Waals surface area contributed by atoms with Crippen molar-refractivity contribution in [3.05, 3.63) is 35.9 Å². The number of ether oxygens (including phenoxy) is 1. The number of methoxy groups -OCH3 is 1. The van der Waals surface area contributed by atoms with Gasteiger partial charge in [-0.15, -0.1) is 9.24 Å². The predicted molar refractivity (Wildman–Crippen MR) is 95.7 cm³/mol. The Kier molecular flexibility index (Phi) is 5.10. The second kappa shape index (κ2) is 6.92. The molecule has 6 heteroatoms. The molecule has 124 valence electrons. The Morgan fingerprint density at radius 1 is 1.35 bits per heavy atom. The highest BCUT2D eigenvalue weighted by molar-refractivity contribution is 7.17. The van der Waals surface area contributed by atoms with Crippen LogP contribution in [-0.2, 0) is 20.5 Å². The van der Waals surface area contributed by atoms with Crippen molar-refractivity contribution in [2.24, 2.45) is 0 Å². The third-order valence-corrected chi connectivity index (χ3v) is 5.45. The molecule has 1 aromatic carbocycles. The summed E-state index contributed by atoms with van der Waals surface area (Å²) < 4.78 is 11.3. The van der Waals surface area contributed by atoms with Crippen LogP contribution in [0.5, 0.6) is 0 Å². The Morgan fingerprint density at radius 3 is 2.78 bits per heavy atom. The third kappa shape index (κ3) is 3.47. The van der Waals surface area contributed by atoms with Crippen LogP contribution in [0.4, 0.5) is 0 Å². The highest BCUT2D eigenvalue weighted by atomic mass is 31.0. The molecule has 3 unspecified atom stereocenters. The van der Waals surface area contributed by atoms with Crippen LogP contribution in [-0.4, -0.2) is 55.3 Å². The Balaban J connectivity index is 1.62. The van der Waals surface area contributed by atoms with Gasteiger partial charge in [0.2, 0.25) is 0 Å². The van der Waals surface area contributed by atoms with Crippen LogP contribution in [0, 0.1) is 0 Å². The molecule has 0 bridgehead atoms. The van der Waals surface area contributed by atoms with Gasteiger partial charge in [0.15, 0.2) is 0 Å². The van der Waals surface area contributed by atoms with E-state index in [0.717, 1.165) is 32.3 Å². The zero-order chi connectivity index (χ0) is 16.4. The maximum absolute atomic E-state index is 12.4. The van der Waals surface area contributed by atoms with Gasteiger partial charge in [-0.05, 0) is 18.4 Å². The summed E-state index contributed by atoms with van der Waals surface area (Å²) >= 11 is 0. The van der Waals surface area contributed by atoms with Crippen LogP contribution in [0.1, 0.15) is 18.4 Å². The van der Waals surface area contributed by atoms with E-state index < -0.39 is 5.54 Å². The van der Waals surface area contributed by atoms with E-state index in [1.165, 1.54) is 12.7 Å². The average Bonchev–Trinajstić information content (AvgIpc) is 3.00. The van der Waals surface area contributed by atoms with Crippen molar-refractivity contribution in [1.29, 1.82) is 0 Å². The fraction of sp³-hybridized carbons (Fsp3) is 0.588. The van der Waals surface area contributed by atoms with Gasteiger partial charge in [0.05, 0.1) is 13.2 Å². The molecule has 2 aliphatic rings. The minimum Gasteiger partial charge on any atom is -0.468 e. The van der Waals surface area contributed by atoms with E-state index in [9.17, 15) is 4.79 Å². The fourth-order valence-electron chi connectivity index (χ4n) is 4.13. The molecule has 23 heavy (non-hydrogen) atoms. The lowest BCUT2D eigenvalue weighted by Crippen LogP contribution is -2.46. The second-order valence-corrected chi connectivity index (χ2v) is 7.80. The summed E-state index contributed by atoms with van der Waals surface area (Å²) in [6.07, 6.45) is 2.58. The summed E-state index contributed by atoms with van der Waals surface area (Å²) in [6.45, 7) is 4.00. The number of benzene rings is 1. The Bertz CT molecular complexity index is 558. The summed E-state index contributed by atoms with van der Waals surface area (Å²) in [6, 6.07) is 10.4. The molecule has 0 amide bonds. The normalized spacial score (nSPS) is 30.2. The first kappa shape index (κ1) is 16.9. The first-order valence-corrected chi connectivity index (χ1v) is 8.98. The molecular formula is C17H25BNO3P. The number of hydrogen-bond acceptors (Lipinski definition) is 4. The van der Waals surface area contributed by atoms with Crippen LogP contribution in [0.15, 0.2) is 30.3 Å². The number of hydrogen-bond donors (Lipinski definition) is 0. The van der Waals surface area contributed by atoms with Gasteiger partial charge >= 0.3 is 5.97 Å². The highest BCUT2D eigenvalue weighted by Crippen LogP contribution is 2.43. The van der Waals surface area contributed by atoms with Gasteiger partial charge in [0, 0.05) is 19.5 Å². The van der Waals surface area contributed by atoms with Gasteiger partial charge in [-0.1, -0.05) is 42.7 Å². The maximum atomic E-state index is 12.4. The van der Waals surface area contributed by atoms with Crippen molar-refractivity contribution < 1.29 is 14.2 Å². The van der Waals surface area contributed by atoms with Crippen LogP contribution in [0.2, 0.25) is 6.82 Å². The van der Waals surface area contributed by atoms with Gasteiger partial charge in [-0.25, -0.2) is 0 Å². The standard InChI is InChI=1S/C17H25BNO3P/c1-18(10-13-6-4-3-5-7-13)22-14-8-17(16(20)21-2)9-15(23)12-19(17)11-14/h3-7,14-15H,8-12,23H2,1-2H3/t14?,15-,17?/m1/s1. The number of carbonyl (C=O) groups is 1. The molecule has 0 N–H and O–H groups in total. The second-order valence-electron chi connectivity index (χ2n) is 6.85. The van der Waals surface area contributed by atoms with Crippen LogP contribution < -0.4 is 0 Å². The van der Waals surface area contributed by atoms with Gasteiger partial charge in [-0.2, -0.15) is 0 Å². The lowest BCUT2D eigenvalue weighted by molar-refractivity contribution is -0.151. The van der Waals surface area contributed by atoms with E-state index in [2.05, 4.69) is 45.2 Å². The molecule has 2 saturated heterocycles. The summed E-state index contributed by atoms with van der Waals surface area (Å²) in [5.41, 5.74) is 1.26. The zero-order valence-corrected chi connectivity index (χ0v) is 15.1. The van der Waals surface area contributed by atoms with Crippen molar-refractivity contribution in [2.75, 3.05) is 20.2 Å². The lowest BCUT2D eigenvalue weighted by atomic mass is 9.65. The number of nitrogens with zero attached hydrogens (tertiary/aromatic N) is 1. The molecule has 2 heterocycles. The van der Waals surface area contributed by atoms with Crippen molar-refractivity contribution in [2.45, 2.75) is 43.3 Å². The van der Waals surface area contributed by atoms with E-state index in [1.807, 2.05) is 6.07 Å². The van der Waals surface area contributed by atoms with Gasteiger partial charge in [-0.3, -0.25) is 9.69 Å². The smallest absolute Gasteiger partial charge is 0.326 e. The SMILES string of the molecule is COC(=O)C12CC(OB(C)Cc3ccccc3)CN1C[C@H](P)C2. The number of rotatable bonds is 5. The van der Waals surface area contributed by atoms with Crippen molar-refractivity contribution >= 4 is 22.1 Å². The molecule has 2 fully saturated rings. The Morgan fingerprint density at radius 2 is 2.09 bits per heavy atom. The van der Waals surface area contributed by atoms with E-state index in [1.54, 1.807) is 0 Å². The molecule has 0 radical (unpaired) electrons. The molecule has 2 aliphatic heterocycles. The third-order valence-electron chi connectivity index (χ3n) is 5.01. The number of esters is 1. The van der Waals surface area contributed by atoms with Crippen LogP contribution in [0.3, 0.4) is 0 Å². The summed E-state index contributed by atoms with van der Waals surface area (Å²) in [7, 11) is 4.33. The molecule has 4 atom stereocenters. The van der Waals surface area contributed by atoms with Gasteiger partial charge < -0.3 is 9.39 Å². The topological polar surface area (TPSA) is 38.8 Å². The first-order chi connectivity index (χ1) is 11.0. The predicted octanol–water partition coefficient (Wildman–Crippen LogP) is 2.04. The molecule has 0 aliphatic carbocycles. The van der Waals surface area contributed by atoms with Crippen molar-refractivity contribution in [1.82, 2.24) is 4.90 Å². The molecule has 0 spiro atoms. The van der Waals surface area contributed by atoms with Crippen molar-refractivity contribution in [3.8, 4) is 0 Å². The summed E-state index contributed by atoms with van der Waals surface area (Å²) in [5, 5.41) is 0. The van der Waals surface area contributed by atoms with Gasteiger partial charge in [0.25, 0.3) is 6.92 Å². The highest BCUT2D eigenvalue weighted by Gasteiger charge is 2.57. The van der Waals surface area contributed by atoms with E-state index in [-0.39, 0.29) is 19.0 Å². The summed E-state index contributed by atoms with van der Waals surface area (Å²) in [5.74, 6) is -0.107. The largest absolute Gasteiger partial charge is 0.468 e. The summed E-state index contributed by atoms with van der Waals surface area (Å²) in [4.78, 5) is 14.6. The number of fused-ring (bicyclic) bond motifs is 1. The van der Waals surface area contributed by atoms with Crippen LogP contribution in [0.25, 0.3) is 0 Å². The quantitative estimate of drug-likeness (QED) is 0.470. The molecule has 0 aromatic heterocycles. The minimum atomic E-state index is -0.474. The van der Waals surface area contributed by atoms with Gasteiger partial charge in [0.1, 0.15) is 5.54 Å². The van der Waals surface area contributed by atoms with Crippen molar-refractivity contribution in [3.63, 3.8) is 0 Å². The first-order valence-electron chi connectivity index (χ1n) is 8.32. The minimum absolute atomic E-state index is 0.102. The van der Waals surface area contributed by atoms with E-state index >= 15 is 0 Å². The lowest BCUT2D eigenvalue weighted by Gasteiger charge is -2.28. The number of carbonyl (C=O) groups excluding carboxylic acids is 1. The monoisotopic (exact) mass is 333 g/mol. The van der Waals surface area contributed by atoms with E-state index in [4.69, 9.17) is 9.39 Å².